The molecule has 0 amide bonds. The van der Waals surface area contributed by atoms with Crippen LogP contribution in [0.25, 0.3) is 0 Å². The average molecular weight is 348 g/mol. The van der Waals surface area contributed by atoms with Gasteiger partial charge in [0, 0.05) is 13.1 Å². The summed E-state index contributed by atoms with van der Waals surface area (Å²) in [6, 6.07) is 14.9. The van der Waals surface area contributed by atoms with Gasteiger partial charge >= 0.3 is 0 Å². The van der Waals surface area contributed by atoms with Crippen LogP contribution >= 0.6 is 12.4 Å². The van der Waals surface area contributed by atoms with Crippen LogP contribution in [0.4, 0.5) is 0 Å². The fraction of sp³-hybridized carbons (Fsp3) is 0.400. The quantitative estimate of drug-likeness (QED) is 0.843. The van der Waals surface area contributed by atoms with Crippen LogP contribution in [0.1, 0.15) is 35.4 Å². The molecule has 0 spiro atoms. The zero-order valence-electron chi connectivity index (χ0n) is 14.4. The van der Waals surface area contributed by atoms with Crippen molar-refractivity contribution in [3.8, 4) is 11.5 Å². The van der Waals surface area contributed by atoms with E-state index in [-0.39, 0.29) is 12.4 Å². The van der Waals surface area contributed by atoms with Crippen LogP contribution in [0.15, 0.2) is 42.5 Å². The van der Waals surface area contributed by atoms with Crippen LogP contribution in [0.2, 0.25) is 0 Å². The maximum Gasteiger partial charge on any atom is 0.161 e. The van der Waals surface area contributed by atoms with Crippen molar-refractivity contribution >= 4 is 12.4 Å². The van der Waals surface area contributed by atoms with Gasteiger partial charge in [0.2, 0.25) is 0 Å². The summed E-state index contributed by atoms with van der Waals surface area (Å²) in [6.45, 7) is 1.91. The molecule has 3 rings (SSSR count). The van der Waals surface area contributed by atoms with E-state index in [1.54, 1.807) is 14.2 Å². The highest BCUT2D eigenvalue weighted by Crippen LogP contribution is 2.38. The van der Waals surface area contributed by atoms with E-state index in [0.29, 0.717) is 5.92 Å². The van der Waals surface area contributed by atoms with Gasteiger partial charge in [-0.15, -0.1) is 12.4 Å². The number of ether oxygens (including phenoxy) is 2. The van der Waals surface area contributed by atoms with Crippen molar-refractivity contribution in [3.63, 3.8) is 0 Å². The summed E-state index contributed by atoms with van der Waals surface area (Å²) in [5.41, 5.74) is 4.14. The van der Waals surface area contributed by atoms with Crippen LogP contribution in [0.3, 0.4) is 0 Å². The molecule has 1 unspecified atom stereocenters. The molecule has 1 atom stereocenters. The fourth-order valence-electron chi connectivity index (χ4n) is 3.43. The lowest BCUT2D eigenvalue weighted by atomic mass is 9.82. The lowest BCUT2D eigenvalue weighted by Gasteiger charge is -2.27. The zero-order valence-corrected chi connectivity index (χ0v) is 15.2. The van der Waals surface area contributed by atoms with Crippen molar-refractivity contribution < 1.29 is 9.47 Å². The lowest BCUT2D eigenvalue weighted by Crippen LogP contribution is -2.24. The van der Waals surface area contributed by atoms with Crippen LogP contribution in [-0.4, -0.2) is 20.8 Å². The Labute approximate surface area is 150 Å². The van der Waals surface area contributed by atoms with E-state index in [9.17, 15) is 0 Å². The summed E-state index contributed by atoms with van der Waals surface area (Å²) in [6.07, 6.45) is 3.59. The largest absolute Gasteiger partial charge is 0.493 e. The SMILES string of the molecule is COc1cc2c(cc1OC)C(CNCc1ccccc1)CCC2.Cl. The fourth-order valence-corrected chi connectivity index (χ4v) is 3.43. The Morgan fingerprint density at radius 2 is 1.75 bits per heavy atom. The van der Waals surface area contributed by atoms with Gasteiger partial charge in [-0.25, -0.2) is 0 Å². The van der Waals surface area contributed by atoms with E-state index in [0.717, 1.165) is 31.0 Å². The van der Waals surface area contributed by atoms with Gasteiger partial charge < -0.3 is 14.8 Å². The maximum atomic E-state index is 5.48. The molecular formula is C20H26ClNO2. The number of aryl methyl sites for hydroxylation is 1. The third kappa shape index (κ3) is 4.22. The van der Waals surface area contributed by atoms with Gasteiger partial charge in [0.1, 0.15) is 0 Å². The molecular weight excluding hydrogens is 322 g/mol. The third-order valence-electron chi connectivity index (χ3n) is 4.65. The van der Waals surface area contributed by atoms with Gasteiger partial charge in [-0.1, -0.05) is 30.3 Å². The van der Waals surface area contributed by atoms with Crippen molar-refractivity contribution in [2.24, 2.45) is 0 Å². The average Bonchev–Trinajstić information content (AvgIpc) is 2.61. The molecule has 2 aromatic rings. The summed E-state index contributed by atoms with van der Waals surface area (Å²) < 4.78 is 10.9. The number of methoxy groups -OCH3 is 2. The summed E-state index contributed by atoms with van der Waals surface area (Å²) in [5.74, 6) is 2.22. The molecule has 0 heterocycles. The molecule has 1 aliphatic carbocycles. The molecule has 0 aliphatic heterocycles. The molecule has 2 aromatic carbocycles. The van der Waals surface area contributed by atoms with Crippen molar-refractivity contribution in [1.82, 2.24) is 5.32 Å². The van der Waals surface area contributed by atoms with E-state index in [1.165, 1.54) is 29.5 Å². The molecule has 0 radical (unpaired) electrons. The van der Waals surface area contributed by atoms with Crippen LogP contribution < -0.4 is 14.8 Å². The topological polar surface area (TPSA) is 30.5 Å². The molecule has 1 aliphatic rings. The van der Waals surface area contributed by atoms with E-state index in [4.69, 9.17) is 9.47 Å². The summed E-state index contributed by atoms with van der Waals surface area (Å²) in [4.78, 5) is 0. The van der Waals surface area contributed by atoms with E-state index in [1.807, 2.05) is 0 Å². The molecule has 0 fully saturated rings. The highest BCUT2D eigenvalue weighted by molar-refractivity contribution is 5.85. The minimum Gasteiger partial charge on any atom is -0.493 e. The Balaban J connectivity index is 0.00000208. The van der Waals surface area contributed by atoms with Gasteiger partial charge in [0.15, 0.2) is 11.5 Å². The standard InChI is InChI=1S/C20H25NO2.ClH/c1-22-19-11-16-9-6-10-17(18(16)12-20(19)23-2)14-21-13-15-7-4-3-5-8-15;/h3-5,7-8,11-12,17,21H,6,9-10,13-14H2,1-2H3;1H. The van der Waals surface area contributed by atoms with E-state index < -0.39 is 0 Å². The highest BCUT2D eigenvalue weighted by atomic mass is 35.5. The summed E-state index contributed by atoms with van der Waals surface area (Å²) in [7, 11) is 3.40. The molecule has 4 heteroatoms. The first-order chi connectivity index (χ1) is 11.3. The third-order valence-corrected chi connectivity index (χ3v) is 4.65. The number of hydrogen-bond acceptors (Lipinski definition) is 3. The first-order valence-electron chi connectivity index (χ1n) is 8.31. The van der Waals surface area contributed by atoms with Gasteiger partial charge in [-0.05, 0) is 54.0 Å². The smallest absolute Gasteiger partial charge is 0.161 e. The summed E-state index contributed by atoms with van der Waals surface area (Å²) >= 11 is 0. The van der Waals surface area contributed by atoms with Crippen molar-refractivity contribution in [3.05, 3.63) is 59.2 Å². The Hall–Kier alpha value is -1.71. The maximum absolute atomic E-state index is 5.48. The molecule has 3 nitrogen and oxygen atoms in total. The first-order valence-corrected chi connectivity index (χ1v) is 8.31. The molecule has 130 valence electrons. The van der Waals surface area contributed by atoms with E-state index in [2.05, 4.69) is 47.8 Å². The van der Waals surface area contributed by atoms with Crippen LogP contribution in [0.5, 0.6) is 11.5 Å². The monoisotopic (exact) mass is 347 g/mol. The minimum atomic E-state index is 0. The van der Waals surface area contributed by atoms with Crippen molar-refractivity contribution in [2.75, 3.05) is 20.8 Å². The van der Waals surface area contributed by atoms with E-state index >= 15 is 0 Å². The number of hydrogen-bond donors (Lipinski definition) is 1. The second kappa shape index (κ2) is 8.95. The Bertz CT molecular complexity index is 646. The number of rotatable bonds is 6. The number of nitrogens with one attached hydrogen (secondary N) is 1. The number of benzene rings is 2. The van der Waals surface area contributed by atoms with Gasteiger partial charge in [0.05, 0.1) is 14.2 Å². The second-order valence-corrected chi connectivity index (χ2v) is 6.11. The predicted octanol–water partition coefficient (Wildman–Crippen LogP) is 4.34. The normalized spacial score (nSPS) is 16.0. The number of fused-ring (bicyclic) bond motifs is 1. The summed E-state index contributed by atoms with van der Waals surface area (Å²) in [5, 5.41) is 3.61. The van der Waals surface area contributed by atoms with Crippen LogP contribution in [-0.2, 0) is 13.0 Å². The lowest BCUT2D eigenvalue weighted by molar-refractivity contribution is 0.352. The second-order valence-electron chi connectivity index (χ2n) is 6.11. The van der Waals surface area contributed by atoms with Crippen molar-refractivity contribution in [1.29, 1.82) is 0 Å². The first kappa shape index (κ1) is 18.6. The molecule has 24 heavy (non-hydrogen) atoms. The van der Waals surface area contributed by atoms with Crippen LogP contribution in [0, 0.1) is 0 Å². The Morgan fingerprint density at radius 1 is 1.04 bits per heavy atom. The number of halogens is 1. The van der Waals surface area contributed by atoms with Crippen molar-refractivity contribution in [2.45, 2.75) is 31.7 Å². The molecule has 0 saturated heterocycles. The highest BCUT2D eigenvalue weighted by Gasteiger charge is 2.22. The van der Waals surface area contributed by atoms with Gasteiger partial charge in [-0.2, -0.15) is 0 Å². The predicted molar refractivity (Wildman–Crippen MR) is 101 cm³/mol. The Kier molecular flexibility index (Phi) is 6.95. The molecule has 1 N–H and O–H groups in total. The van der Waals surface area contributed by atoms with Gasteiger partial charge in [-0.3, -0.25) is 0 Å². The molecule has 0 saturated carbocycles. The Morgan fingerprint density at radius 3 is 2.46 bits per heavy atom. The zero-order chi connectivity index (χ0) is 16.1. The molecule has 0 bridgehead atoms. The molecule has 0 aromatic heterocycles. The van der Waals surface area contributed by atoms with Gasteiger partial charge in [0.25, 0.3) is 0 Å². The minimum absolute atomic E-state index is 0.